The van der Waals surface area contributed by atoms with E-state index < -0.39 is 23.0 Å². The van der Waals surface area contributed by atoms with E-state index >= 15 is 0 Å². The number of oxazole rings is 1. The Morgan fingerprint density at radius 2 is 1.83 bits per heavy atom. The monoisotopic (exact) mass is 390 g/mol. The van der Waals surface area contributed by atoms with E-state index in [9.17, 15) is 13.6 Å². The van der Waals surface area contributed by atoms with Gasteiger partial charge in [-0.25, -0.2) is 13.8 Å². The maximum absolute atomic E-state index is 13.8. The van der Waals surface area contributed by atoms with Crippen LogP contribution in [0.4, 0.5) is 8.78 Å². The third kappa shape index (κ3) is 3.82. The van der Waals surface area contributed by atoms with Crippen LogP contribution in [0.5, 0.6) is 0 Å². The van der Waals surface area contributed by atoms with Crippen LogP contribution in [-0.4, -0.2) is 15.8 Å². The molecule has 0 saturated carbocycles. The molecule has 29 heavy (non-hydrogen) atoms. The molecule has 0 saturated heterocycles. The second-order valence-electron chi connectivity index (χ2n) is 6.64. The number of benzene rings is 2. The van der Waals surface area contributed by atoms with E-state index in [-0.39, 0.29) is 6.42 Å². The lowest BCUT2D eigenvalue weighted by Crippen LogP contribution is -2.09. The number of ketones is 1. The van der Waals surface area contributed by atoms with Gasteiger partial charge < -0.3 is 4.42 Å². The molecule has 2 heterocycles. The van der Waals surface area contributed by atoms with E-state index in [1.807, 2.05) is 25.1 Å². The van der Waals surface area contributed by atoms with Crippen LogP contribution in [0.3, 0.4) is 0 Å². The summed E-state index contributed by atoms with van der Waals surface area (Å²) in [4.78, 5) is 20.7. The Labute approximate surface area is 165 Å². The fraction of sp³-hybridized carbons (Fsp3) is 0.0870. The zero-order valence-corrected chi connectivity index (χ0v) is 15.5. The third-order valence-corrected chi connectivity index (χ3v) is 4.66. The molecule has 0 aliphatic rings. The number of Topliss-reactive ketones (excluding diaryl/α,β-unsaturated/α-hetero) is 1. The van der Waals surface area contributed by atoms with Crippen molar-refractivity contribution in [2.75, 3.05) is 0 Å². The Balaban J connectivity index is 1.59. The van der Waals surface area contributed by atoms with E-state index in [1.165, 1.54) is 12.5 Å². The van der Waals surface area contributed by atoms with Gasteiger partial charge in [0.1, 0.15) is 11.6 Å². The van der Waals surface area contributed by atoms with Gasteiger partial charge in [0.15, 0.2) is 17.9 Å². The van der Waals surface area contributed by atoms with Gasteiger partial charge in [0.25, 0.3) is 0 Å². The van der Waals surface area contributed by atoms with Gasteiger partial charge in [0.05, 0.1) is 17.5 Å². The molecule has 0 N–H and O–H groups in total. The molecule has 2 aromatic heterocycles. The fourth-order valence-corrected chi connectivity index (χ4v) is 3.14. The molecule has 0 radical (unpaired) electrons. The minimum absolute atomic E-state index is 0.137. The summed E-state index contributed by atoms with van der Waals surface area (Å²) in [5.74, 6) is -1.70. The first-order chi connectivity index (χ1) is 14.0. The van der Waals surface area contributed by atoms with Gasteiger partial charge in [-0.15, -0.1) is 0 Å². The van der Waals surface area contributed by atoms with Gasteiger partial charge in [0, 0.05) is 23.7 Å². The van der Waals surface area contributed by atoms with Gasteiger partial charge in [-0.3, -0.25) is 9.78 Å². The average molecular weight is 390 g/mol. The first kappa shape index (κ1) is 18.7. The van der Waals surface area contributed by atoms with Crippen LogP contribution in [-0.2, 0) is 6.42 Å². The zero-order valence-electron chi connectivity index (χ0n) is 15.5. The predicted octanol–water partition coefficient (Wildman–Crippen LogP) is 5.42. The summed E-state index contributed by atoms with van der Waals surface area (Å²) in [6.45, 7) is 1.97. The Kier molecular flexibility index (Phi) is 4.99. The SMILES string of the molecule is Cc1ccc(-c2cnco2)cc1-c1ccc(CC(=O)c2c(F)cccc2F)cn1. The number of pyridine rings is 1. The number of carbonyl (C=O) groups is 1. The Bertz CT molecular complexity index is 1150. The number of aryl methyl sites for hydroxylation is 1. The minimum Gasteiger partial charge on any atom is -0.444 e. The molecule has 4 rings (SSSR count). The molecule has 6 heteroatoms. The highest BCUT2D eigenvalue weighted by Crippen LogP contribution is 2.28. The average Bonchev–Trinajstić information content (AvgIpc) is 3.24. The smallest absolute Gasteiger partial charge is 0.181 e. The lowest BCUT2D eigenvalue weighted by atomic mass is 9.99. The number of aromatic nitrogens is 2. The molecule has 0 aliphatic carbocycles. The standard InChI is InChI=1S/C23H16F2N2O2/c1-14-5-7-16(22-12-26-13-29-22)10-17(14)20-8-6-15(11-27-20)9-21(28)23-18(24)3-2-4-19(23)25/h2-8,10-13H,9H2,1H3. The van der Waals surface area contributed by atoms with Crippen LogP contribution in [0.2, 0.25) is 0 Å². The lowest BCUT2D eigenvalue weighted by molar-refractivity contribution is 0.0985. The number of rotatable bonds is 5. The topological polar surface area (TPSA) is 56.0 Å². The molecule has 0 spiro atoms. The summed E-state index contributed by atoms with van der Waals surface area (Å²) in [5.41, 5.74) is 3.59. The van der Waals surface area contributed by atoms with Gasteiger partial charge in [0.2, 0.25) is 0 Å². The van der Waals surface area contributed by atoms with Crippen LogP contribution in [0.25, 0.3) is 22.6 Å². The minimum atomic E-state index is -0.862. The van der Waals surface area contributed by atoms with Crippen molar-refractivity contribution in [1.29, 1.82) is 0 Å². The number of hydrogen-bond donors (Lipinski definition) is 0. The predicted molar refractivity (Wildman–Crippen MR) is 104 cm³/mol. The van der Waals surface area contributed by atoms with E-state index in [0.29, 0.717) is 11.3 Å². The molecule has 0 fully saturated rings. The van der Waals surface area contributed by atoms with Crippen molar-refractivity contribution >= 4 is 5.78 Å². The molecule has 0 amide bonds. The first-order valence-electron chi connectivity index (χ1n) is 8.95. The zero-order chi connectivity index (χ0) is 20.4. The molecule has 0 aliphatic heterocycles. The van der Waals surface area contributed by atoms with Crippen molar-refractivity contribution in [2.45, 2.75) is 13.3 Å². The van der Waals surface area contributed by atoms with Crippen molar-refractivity contribution in [3.63, 3.8) is 0 Å². The summed E-state index contributed by atoms with van der Waals surface area (Å²) in [7, 11) is 0. The van der Waals surface area contributed by atoms with Crippen LogP contribution in [0, 0.1) is 18.6 Å². The van der Waals surface area contributed by atoms with Crippen molar-refractivity contribution in [3.05, 3.63) is 95.6 Å². The van der Waals surface area contributed by atoms with Crippen LogP contribution in [0.15, 0.2) is 71.7 Å². The van der Waals surface area contributed by atoms with Crippen molar-refractivity contribution in [2.24, 2.45) is 0 Å². The highest BCUT2D eigenvalue weighted by atomic mass is 19.1. The molecule has 0 atom stereocenters. The maximum Gasteiger partial charge on any atom is 0.181 e. The Morgan fingerprint density at radius 3 is 2.48 bits per heavy atom. The normalized spacial score (nSPS) is 10.9. The van der Waals surface area contributed by atoms with E-state index in [0.717, 1.165) is 34.5 Å². The summed E-state index contributed by atoms with van der Waals surface area (Å²) in [6.07, 6.45) is 4.42. The van der Waals surface area contributed by atoms with Gasteiger partial charge >= 0.3 is 0 Å². The third-order valence-electron chi connectivity index (χ3n) is 4.66. The lowest BCUT2D eigenvalue weighted by Gasteiger charge is -2.09. The Hall–Kier alpha value is -3.67. The van der Waals surface area contributed by atoms with Crippen LogP contribution < -0.4 is 0 Å². The number of nitrogens with zero attached hydrogens (tertiary/aromatic N) is 2. The quantitative estimate of drug-likeness (QED) is 0.427. The van der Waals surface area contributed by atoms with E-state index in [4.69, 9.17) is 4.42 Å². The summed E-state index contributed by atoms with van der Waals surface area (Å²) in [5, 5.41) is 0. The Morgan fingerprint density at radius 1 is 1.03 bits per heavy atom. The van der Waals surface area contributed by atoms with E-state index in [1.54, 1.807) is 24.5 Å². The second-order valence-corrected chi connectivity index (χ2v) is 6.64. The highest BCUT2D eigenvalue weighted by Gasteiger charge is 2.17. The van der Waals surface area contributed by atoms with Gasteiger partial charge in [-0.1, -0.05) is 24.3 Å². The van der Waals surface area contributed by atoms with Crippen LogP contribution >= 0.6 is 0 Å². The molecule has 4 aromatic rings. The molecular weight excluding hydrogens is 374 g/mol. The highest BCUT2D eigenvalue weighted by molar-refractivity contribution is 5.98. The maximum atomic E-state index is 13.8. The van der Waals surface area contributed by atoms with Crippen molar-refractivity contribution < 1.29 is 18.0 Å². The first-order valence-corrected chi connectivity index (χ1v) is 8.95. The molecule has 2 aromatic carbocycles. The molecule has 4 nitrogen and oxygen atoms in total. The number of halogens is 2. The molecule has 144 valence electrons. The number of hydrogen-bond acceptors (Lipinski definition) is 4. The van der Waals surface area contributed by atoms with Gasteiger partial charge in [-0.05, 0) is 42.3 Å². The molecule has 0 unspecified atom stereocenters. The summed E-state index contributed by atoms with van der Waals surface area (Å²) in [6, 6.07) is 12.8. The largest absolute Gasteiger partial charge is 0.444 e. The second kappa shape index (κ2) is 7.75. The summed E-state index contributed by atoms with van der Waals surface area (Å²) < 4.78 is 32.9. The van der Waals surface area contributed by atoms with Crippen molar-refractivity contribution in [1.82, 2.24) is 9.97 Å². The summed E-state index contributed by atoms with van der Waals surface area (Å²) >= 11 is 0. The fourth-order valence-electron chi connectivity index (χ4n) is 3.14. The van der Waals surface area contributed by atoms with Crippen molar-refractivity contribution in [3.8, 4) is 22.6 Å². The number of carbonyl (C=O) groups excluding carboxylic acids is 1. The molecular formula is C23H16F2N2O2. The van der Waals surface area contributed by atoms with Gasteiger partial charge in [-0.2, -0.15) is 0 Å². The molecule has 0 bridgehead atoms. The van der Waals surface area contributed by atoms with E-state index in [2.05, 4.69) is 9.97 Å². The van der Waals surface area contributed by atoms with Crippen LogP contribution in [0.1, 0.15) is 21.5 Å².